The largest absolute Gasteiger partial charge is 0.388 e. The third-order valence-corrected chi connectivity index (χ3v) is 3.16. The van der Waals surface area contributed by atoms with Crippen molar-refractivity contribution in [3.63, 3.8) is 0 Å². The second-order valence-electron chi connectivity index (χ2n) is 4.09. The van der Waals surface area contributed by atoms with Crippen molar-refractivity contribution >= 4 is 27.8 Å². The van der Waals surface area contributed by atoms with Gasteiger partial charge in [0.15, 0.2) is 0 Å². The molecule has 0 atom stereocenters. The monoisotopic (exact) mass is 229 g/mol. The minimum absolute atomic E-state index is 1.13. The number of fused-ring (bicyclic) bond motifs is 1. The second-order valence-corrected chi connectivity index (χ2v) is 4.09. The lowest BCUT2D eigenvalue weighted by molar-refractivity contribution is 1.43. The van der Waals surface area contributed by atoms with Gasteiger partial charge in [-0.2, -0.15) is 0 Å². The molecule has 3 N–H and O–H groups in total. The van der Waals surface area contributed by atoms with Crippen molar-refractivity contribution in [2.45, 2.75) is 6.92 Å². The van der Waals surface area contributed by atoms with Gasteiger partial charge >= 0.3 is 0 Å². The number of anilines is 3. The number of rotatable bonds is 3. The lowest BCUT2D eigenvalue weighted by Gasteiger charge is -2.17. The van der Waals surface area contributed by atoms with E-state index in [4.69, 9.17) is 0 Å². The first-order valence-corrected chi connectivity index (χ1v) is 5.82. The van der Waals surface area contributed by atoms with Gasteiger partial charge in [0.05, 0.1) is 11.4 Å². The van der Waals surface area contributed by atoms with Crippen LogP contribution in [0.3, 0.4) is 0 Å². The minimum Gasteiger partial charge on any atom is -0.388 e. The van der Waals surface area contributed by atoms with Gasteiger partial charge in [-0.15, -0.1) is 0 Å². The van der Waals surface area contributed by atoms with Crippen LogP contribution in [-0.4, -0.2) is 21.1 Å². The molecule has 0 spiro atoms. The second kappa shape index (κ2) is 4.53. The Morgan fingerprint density at radius 3 is 2.18 bits per heavy atom. The van der Waals surface area contributed by atoms with Gasteiger partial charge in [0.1, 0.15) is 0 Å². The van der Waals surface area contributed by atoms with Crippen LogP contribution in [0.1, 0.15) is 5.56 Å². The molecule has 17 heavy (non-hydrogen) atoms. The van der Waals surface area contributed by atoms with Gasteiger partial charge in [-0.25, -0.2) is 0 Å². The summed E-state index contributed by atoms with van der Waals surface area (Å²) in [7, 11) is 5.86. The molecule has 0 aromatic heterocycles. The summed E-state index contributed by atoms with van der Waals surface area (Å²) in [6.07, 6.45) is 0. The molecule has 0 saturated carbocycles. The van der Waals surface area contributed by atoms with Crippen molar-refractivity contribution in [3.8, 4) is 0 Å². The number of benzene rings is 2. The SMILES string of the molecule is CNc1cc(C)c2cccc(NC)c2c1NC. The molecule has 3 heteroatoms. The maximum Gasteiger partial charge on any atom is 0.0674 e. The molecule has 90 valence electrons. The zero-order valence-electron chi connectivity index (χ0n) is 10.8. The first kappa shape index (κ1) is 11.6. The molecule has 0 heterocycles. The summed E-state index contributed by atoms with van der Waals surface area (Å²) < 4.78 is 0. The number of hydrogen-bond donors (Lipinski definition) is 3. The fourth-order valence-electron chi connectivity index (χ4n) is 2.32. The molecule has 0 fully saturated rings. The lowest BCUT2D eigenvalue weighted by atomic mass is 10.0. The van der Waals surface area contributed by atoms with E-state index in [0.29, 0.717) is 0 Å². The van der Waals surface area contributed by atoms with Crippen LogP contribution in [-0.2, 0) is 0 Å². The van der Waals surface area contributed by atoms with E-state index in [1.54, 1.807) is 0 Å². The van der Waals surface area contributed by atoms with Gasteiger partial charge < -0.3 is 16.0 Å². The van der Waals surface area contributed by atoms with Crippen LogP contribution in [0.4, 0.5) is 17.1 Å². The van der Waals surface area contributed by atoms with Gasteiger partial charge in [0, 0.05) is 32.2 Å². The van der Waals surface area contributed by atoms with Crippen molar-refractivity contribution in [3.05, 3.63) is 29.8 Å². The van der Waals surface area contributed by atoms with Crippen LogP contribution in [0.2, 0.25) is 0 Å². The highest BCUT2D eigenvalue weighted by Crippen LogP contribution is 2.37. The van der Waals surface area contributed by atoms with Gasteiger partial charge in [0.2, 0.25) is 0 Å². The first-order valence-electron chi connectivity index (χ1n) is 5.82. The zero-order chi connectivity index (χ0) is 12.4. The Kier molecular flexibility index (Phi) is 3.09. The Labute approximate surface area is 102 Å². The highest BCUT2D eigenvalue weighted by Gasteiger charge is 2.11. The van der Waals surface area contributed by atoms with E-state index in [-0.39, 0.29) is 0 Å². The number of aryl methyl sites for hydroxylation is 1. The molecule has 0 aliphatic heterocycles. The van der Waals surface area contributed by atoms with E-state index in [0.717, 1.165) is 17.1 Å². The van der Waals surface area contributed by atoms with Crippen LogP contribution in [0, 0.1) is 6.92 Å². The molecule has 0 bridgehead atoms. The van der Waals surface area contributed by atoms with Crippen LogP contribution in [0.25, 0.3) is 10.8 Å². The lowest BCUT2D eigenvalue weighted by Crippen LogP contribution is -2.01. The maximum atomic E-state index is 3.29. The van der Waals surface area contributed by atoms with E-state index < -0.39 is 0 Å². The topological polar surface area (TPSA) is 36.1 Å². The van der Waals surface area contributed by atoms with Crippen LogP contribution in [0.15, 0.2) is 24.3 Å². The Morgan fingerprint density at radius 2 is 1.59 bits per heavy atom. The summed E-state index contributed by atoms with van der Waals surface area (Å²) in [5.74, 6) is 0. The van der Waals surface area contributed by atoms with Crippen molar-refractivity contribution in [2.24, 2.45) is 0 Å². The third-order valence-electron chi connectivity index (χ3n) is 3.16. The maximum absolute atomic E-state index is 3.29. The minimum atomic E-state index is 1.13. The summed E-state index contributed by atoms with van der Waals surface area (Å²) in [6, 6.07) is 8.51. The average molecular weight is 229 g/mol. The highest BCUT2D eigenvalue weighted by molar-refractivity contribution is 6.08. The van der Waals surface area contributed by atoms with E-state index >= 15 is 0 Å². The van der Waals surface area contributed by atoms with Crippen LogP contribution >= 0.6 is 0 Å². The molecular weight excluding hydrogens is 210 g/mol. The Bertz CT molecular complexity index is 547. The molecule has 2 aromatic rings. The summed E-state index contributed by atoms with van der Waals surface area (Å²) in [6.45, 7) is 2.14. The molecule has 0 radical (unpaired) electrons. The molecule has 0 aliphatic carbocycles. The van der Waals surface area contributed by atoms with E-state index in [1.165, 1.54) is 16.3 Å². The normalized spacial score (nSPS) is 10.4. The fraction of sp³-hybridized carbons (Fsp3) is 0.286. The molecule has 0 saturated heterocycles. The van der Waals surface area contributed by atoms with Gasteiger partial charge in [-0.1, -0.05) is 12.1 Å². The molecule has 3 nitrogen and oxygen atoms in total. The predicted molar refractivity (Wildman–Crippen MR) is 77.3 cm³/mol. The van der Waals surface area contributed by atoms with Crippen LogP contribution < -0.4 is 16.0 Å². The molecular formula is C14H19N3. The molecule has 0 amide bonds. The highest BCUT2D eigenvalue weighted by atomic mass is 14.9. The fourth-order valence-corrected chi connectivity index (χ4v) is 2.32. The summed E-state index contributed by atoms with van der Waals surface area (Å²) in [4.78, 5) is 0. The number of hydrogen-bond acceptors (Lipinski definition) is 3. The Morgan fingerprint density at radius 1 is 0.882 bits per heavy atom. The van der Waals surface area contributed by atoms with E-state index in [1.807, 2.05) is 21.1 Å². The molecule has 2 aromatic carbocycles. The van der Waals surface area contributed by atoms with Gasteiger partial charge in [-0.05, 0) is 30.0 Å². The summed E-state index contributed by atoms with van der Waals surface area (Å²) >= 11 is 0. The molecule has 0 unspecified atom stereocenters. The Hall–Kier alpha value is -1.90. The number of nitrogens with one attached hydrogen (secondary N) is 3. The smallest absolute Gasteiger partial charge is 0.0674 e. The molecule has 2 rings (SSSR count). The Balaban J connectivity index is 2.92. The van der Waals surface area contributed by atoms with Crippen molar-refractivity contribution in [1.82, 2.24) is 0 Å². The first-order chi connectivity index (χ1) is 8.22. The quantitative estimate of drug-likeness (QED) is 0.756. The van der Waals surface area contributed by atoms with Gasteiger partial charge in [-0.3, -0.25) is 0 Å². The third kappa shape index (κ3) is 1.78. The van der Waals surface area contributed by atoms with Crippen molar-refractivity contribution < 1.29 is 0 Å². The molecule has 0 aliphatic rings. The van der Waals surface area contributed by atoms with Crippen molar-refractivity contribution in [2.75, 3.05) is 37.1 Å². The van der Waals surface area contributed by atoms with Crippen molar-refractivity contribution in [1.29, 1.82) is 0 Å². The van der Waals surface area contributed by atoms with Crippen LogP contribution in [0.5, 0.6) is 0 Å². The zero-order valence-corrected chi connectivity index (χ0v) is 10.8. The van der Waals surface area contributed by atoms with Gasteiger partial charge in [0.25, 0.3) is 0 Å². The average Bonchev–Trinajstić information content (AvgIpc) is 2.37. The van der Waals surface area contributed by atoms with E-state index in [9.17, 15) is 0 Å². The summed E-state index contributed by atoms with van der Waals surface area (Å²) in [5.41, 5.74) is 4.69. The van der Waals surface area contributed by atoms with E-state index in [2.05, 4.69) is 47.1 Å². The summed E-state index contributed by atoms with van der Waals surface area (Å²) in [5, 5.41) is 12.3. The predicted octanol–water partition coefficient (Wildman–Crippen LogP) is 3.27. The standard InChI is InChI=1S/C14H19N3/c1-9-8-12(16-3)14(17-4)13-10(9)6-5-7-11(13)15-2/h5-8,15-17H,1-4H3.